The molecule has 0 aliphatic rings. The number of ketones is 1. The first-order valence-corrected chi connectivity index (χ1v) is 6.00. The number of likely N-dealkylation sites (N-methyl/N-ethyl adjacent to an activating group) is 2. The summed E-state index contributed by atoms with van der Waals surface area (Å²) in [6.45, 7) is 6.50. The Morgan fingerprint density at radius 1 is 1.32 bits per heavy atom. The van der Waals surface area contributed by atoms with E-state index >= 15 is 0 Å². The number of rotatable bonds is 5. The summed E-state index contributed by atoms with van der Waals surface area (Å²) in [6, 6.07) is 0. The van der Waals surface area contributed by atoms with Crippen LogP contribution in [0.25, 0.3) is 0 Å². The molecule has 0 bridgehead atoms. The number of hydrogen-bond acceptors (Lipinski definition) is 3. The molecular formula is C13H22ClN3O2. The predicted molar refractivity (Wildman–Crippen MR) is 78.4 cm³/mol. The summed E-state index contributed by atoms with van der Waals surface area (Å²) in [4.78, 5) is 28.4. The van der Waals surface area contributed by atoms with Crippen LogP contribution < -0.4 is 5.32 Å². The second-order valence-corrected chi connectivity index (χ2v) is 4.51. The van der Waals surface area contributed by atoms with Gasteiger partial charge in [0.25, 0.3) is 5.91 Å². The Bertz CT molecular complexity index is 469. The maximum absolute atomic E-state index is 12.2. The van der Waals surface area contributed by atoms with Crippen molar-refractivity contribution in [2.24, 2.45) is 0 Å². The first-order chi connectivity index (χ1) is 8.40. The lowest BCUT2D eigenvalue weighted by molar-refractivity contribution is 0.0791. The molecule has 1 aromatic heterocycles. The molecule has 2 N–H and O–H groups in total. The topological polar surface area (TPSA) is 65.2 Å². The van der Waals surface area contributed by atoms with Gasteiger partial charge in [-0.3, -0.25) is 9.59 Å². The third-order valence-electron chi connectivity index (χ3n) is 3.05. The van der Waals surface area contributed by atoms with E-state index in [1.54, 1.807) is 18.9 Å². The molecule has 5 nitrogen and oxygen atoms in total. The van der Waals surface area contributed by atoms with E-state index in [0.717, 1.165) is 17.8 Å². The largest absolute Gasteiger partial charge is 0.354 e. The summed E-state index contributed by atoms with van der Waals surface area (Å²) < 4.78 is 0. The van der Waals surface area contributed by atoms with Gasteiger partial charge in [-0.1, -0.05) is 0 Å². The van der Waals surface area contributed by atoms with Crippen molar-refractivity contribution in [3.05, 3.63) is 22.5 Å². The zero-order valence-corrected chi connectivity index (χ0v) is 12.9. The number of carbonyl (C=O) groups excluding carboxylic acids is 2. The average Bonchev–Trinajstić information content (AvgIpc) is 2.60. The summed E-state index contributed by atoms with van der Waals surface area (Å²) in [5.41, 5.74) is 2.63. The number of H-pyrrole nitrogens is 1. The number of nitrogens with zero attached hydrogens (tertiary/aromatic N) is 1. The zero-order chi connectivity index (χ0) is 13.9. The zero-order valence-electron chi connectivity index (χ0n) is 12.1. The number of aromatic nitrogens is 1. The molecule has 1 amide bonds. The number of aryl methyl sites for hydroxylation is 1. The van der Waals surface area contributed by atoms with Crippen LogP contribution in [-0.2, 0) is 0 Å². The highest BCUT2D eigenvalue weighted by Gasteiger charge is 2.21. The molecule has 0 saturated heterocycles. The summed E-state index contributed by atoms with van der Waals surface area (Å²) in [5, 5.41) is 3.00. The first-order valence-electron chi connectivity index (χ1n) is 6.00. The second kappa shape index (κ2) is 7.31. The summed E-state index contributed by atoms with van der Waals surface area (Å²) in [6.07, 6.45) is 0. The number of carbonyl (C=O) groups is 2. The predicted octanol–water partition coefficient (Wildman–Crippen LogP) is 1.55. The van der Waals surface area contributed by atoms with E-state index in [0.29, 0.717) is 17.8 Å². The van der Waals surface area contributed by atoms with Crippen molar-refractivity contribution >= 4 is 24.1 Å². The fourth-order valence-corrected chi connectivity index (χ4v) is 2.06. The van der Waals surface area contributed by atoms with E-state index in [1.165, 1.54) is 6.92 Å². The first kappa shape index (κ1) is 17.7. The van der Waals surface area contributed by atoms with Crippen LogP contribution in [-0.4, -0.2) is 48.8 Å². The van der Waals surface area contributed by atoms with Gasteiger partial charge in [0, 0.05) is 31.4 Å². The van der Waals surface area contributed by atoms with Crippen LogP contribution in [0.15, 0.2) is 0 Å². The van der Waals surface area contributed by atoms with Gasteiger partial charge in [-0.05, 0) is 33.4 Å². The lowest BCUT2D eigenvalue weighted by Gasteiger charge is -2.16. The van der Waals surface area contributed by atoms with Gasteiger partial charge >= 0.3 is 0 Å². The van der Waals surface area contributed by atoms with Crippen molar-refractivity contribution in [1.82, 2.24) is 15.2 Å². The quantitative estimate of drug-likeness (QED) is 0.808. The minimum atomic E-state index is -0.0849. The van der Waals surface area contributed by atoms with Crippen LogP contribution in [0.2, 0.25) is 0 Å². The Kier molecular flexibility index (Phi) is 6.79. The molecule has 1 rings (SSSR count). The lowest BCUT2D eigenvalue weighted by atomic mass is 10.1. The molecule has 0 aliphatic carbocycles. The van der Waals surface area contributed by atoms with E-state index in [1.807, 2.05) is 14.0 Å². The van der Waals surface area contributed by atoms with Crippen molar-refractivity contribution in [2.45, 2.75) is 20.8 Å². The molecule has 0 atom stereocenters. The summed E-state index contributed by atoms with van der Waals surface area (Å²) >= 11 is 0. The Morgan fingerprint density at radius 2 is 1.89 bits per heavy atom. The maximum atomic E-state index is 12.2. The fraction of sp³-hybridized carbons (Fsp3) is 0.538. The molecule has 0 unspecified atom stereocenters. The Morgan fingerprint density at radius 3 is 2.32 bits per heavy atom. The molecule has 6 heteroatoms. The van der Waals surface area contributed by atoms with Gasteiger partial charge in [0.2, 0.25) is 0 Å². The standard InChI is InChI=1S/C13H21N3O2.ClH/c1-8-11(10(3)17)9(2)15-12(8)13(18)16(5)7-6-14-4;/h14-15H,6-7H2,1-5H3;1H. The smallest absolute Gasteiger partial charge is 0.270 e. The molecule has 0 spiro atoms. The Hall–Kier alpha value is -1.33. The molecule has 19 heavy (non-hydrogen) atoms. The van der Waals surface area contributed by atoms with Gasteiger partial charge in [0.1, 0.15) is 5.69 Å². The minimum absolute atomic E-state index is 0. The van der Waals surface area contributed by atoms with Gasteiger partial charge < -0.3 is 15.2 Å². The van der Waals surface area contributed by atoms with Crippen molar-refractivity contribution in [3.8, 4) is 0 Å². The maximum Gasteiger partial charge on any atom is 0.270 e. The highest BCUT2D eigenvalue weighted by atomic mass is 35.5. The van der Waals surface area contributed by atoms with E-state index in [-0.39, 0.29) is 24.1 Å². The number of amides is 1. The number of aromatic amines is 1. The monoisotopic (exact) mass is 287 g/mol. The molecule has 0 saturated carbocycles. The highest BCUT2D eigenvalue weighted by Crippen LogP contribution is 2.19. The molecule has 0 radical (unpaired) electrons. The van der Waals surface area contributed by atoms with Gasteiger partial charge in [-0.15, -0.1) is 12.4 Å². The van der Waals surface area contributed by atoms with Crippen LogP contribution in [0.5, 0.6) is 0 Å². The second-order valence-electron chi connectivity index (χ2n) is 4.51. The molecule has 0 aromatic carbocycles. The number of nitrogens with one attached hydrogen (secondary N) is 2. The fourth-order valence-electron chi connectivity index (χ4n) is 2.06. The van der Waals surface area contributed by atoms with Crippen molar-refractivity contribution in [3.63, 3.8) is 0 Å². The van der Waals surface area contributed by atoms with Crippen LogP contribution in [0.4, 0.5) is 0 Å². The number of Topliss-reactive ketones (excluding diaryl/α,β-unsaturated/α-hetero) is 1. The van der Waals surface area contributed by atoms with Crippen LogP contribution in [0.1, 0.15) is 39.0 Å². The summed E-state index contributed by atoms with van der Waals surface area (Å²) in [5.74, 6) is -0.100. The highest BCUT2D eigenvalue weighted by molar-refractivity contribution is 6.02. The Labute approximate surface area is 120 Å². The van der Waals surface area contributed by atoms with Gasteiger partial charge in [-0.25, -0.2) is 0 Å². The van der Waals surface area contributed by atoms with E-state index in [2.05, 4.69) is 10.3 Å². The van der Waals surface area contributed by atoms with E-state index in [9.17, 15) is 9.59 Å². The molecule has 1 aromatic rings. The van der Waals surface area contributed by atoms with E-state index < -0.39 is 0 Å². The molecule has 1 heterocycles. The third-order valence-corrected chi connectivity index (χ3v) is 3.05. The van der Waals surface area contributed by atoms with Gasteiger partial charge in [-0.2, -0.15) is 0 Å². The normalized spacial score (nSPS) is 9.95. The van der Waals surface area contributed by atoms with Crippen LogP contribution >= 0.6 is 12.4 Å². The lowest BCUT2D eigenvalue weighted by Crippen LogP contribution is -2.33. The SMILES string of the molecule is CNCCN(C)C(=O)c1[nH]c(C)c(C(C)=O)c1C.Cl. The molecule has 0 fully saturated rings. The number of halogens is 1. The van der Waals surface area contributed by atoms with Crippen molar-refractivity contribution in [1.29, 1.82) is 0 Å². The number of hydrogen-bond donors (Lipinski definition) is 2. The van der Waals surface area contributed by atoms with Gasteiger partial charge in [0.15, 0.2) is 5.78 Å². The molecule has 0 aliphatic heterocycles. The summed E-state index contributed by atoms with van der Waals surface area (Å²) in [7, 11) is 3.60. The van der Waals surface area contributed by atoms with E-state index in [4.69, 9.17) is 0 Å². The average molecular weight is 288 g/mol. The third kappa shape index (κ3) is 3.81. The molecule has 108 valence electrons. The Balaban J connectivity index is 0.00000324. The van der Waals surface area contributed by atoms with Gasteiger partial charge in [0.05, 0.1) is 0 Å². The minimum Gasteiger partial charge on any atom is -0.354 e. The van der Waals surface area contributed by atoms with Crippen LogP contribution in [0, 0.1) is 13.8 Å². The van der Waals surface area contributed by atoms with Crippen molar-refractivity contribution in [2.75, 3.05) is 27.2 Å². The molecular weight excluding hydrogens is 266 g/mol. The van der Waals surface area contributed by atoms with Crippen molar-refractivity contribution < 1.29 is 9.59 Å². The van der Waals surface area contributed by atoms with Crippen LogP contribution in [0.3, 0.4) is 0 Å².